The SMILES string of the molecule is O=C(c1ccccc1)C(C(=O)c1ccccc1)C12CC3CC(CC(C3)C1)C2. The molecule has 0 heterocycles. The first-order valence-corrected chi connectivity index (χ1v) is 10.3. The van der Waals surface area contributed by atoms with E-state index in [0.29, 0.717) is 28.9 Å². The molecule has 27 heavy (non-hydrogen) atoms. The highest BCUT2D eigenvalue weighted by atomic mass is 16.2. The molecule has 6 rings (SSSR count). The smallest absolute Gasteiger partial charge is 0.174 e. The lowest BCUT2D eigenvalue weighted by Crippen LogP contribution is -2.53. The molecule has 0 aliphatic heterocycles. The van der Waals surface area contributed by atoms with Gasteiger partial charge in [-0.3, -0.25) is 9.59 Å². The third-order valence-electron chi connectivity index (χ3n) is 7.34. The van der Waals surface area contributed by atoms with Crippen molar-refractivity contribution in [2.24, 2.45) is 29.1 Å². The number of rotatable bonds is 5. The largest absolute Gasteiger partial charge is 0.293 e. The monoisotopic (exact) mass is 358 g/mol. The zero-order valence-electron chi connectivity index (χ0n) is 15.6. The van der Waals surface area contributed by atoms with Crippen LogP contribution in [0.4, 0.5) is 0 Å². The first-order valence-electron chi connectivity index (χ1n) is 10.3. The van der Waals surface area contributed by atoms with E-state index < -0.39 is 5.92 Å². The summed E-state index contributed by atoms with van der Waals surface area (Å²) in [5, 5.41) is 0. The minimum Gasteiger partial charge on any atom is -0.293 e. The number of carbonyl (C=O) groups excluding carboxylic acids is 2. The fourth-order valence-corrected chi connectivity index (χ4v) is 6.74. The number of Topliss-reactive ketones (excluding diaryl/α,β-unsaturated/α-hetero) is 2. The van der Waals surface area contributed by atoms with Gasteiger partial charge in [-0.05, 0) is 61.7 Å². The summed E-state index contributed by atoms with van der Waals surface area (Å²) < 4.78 is 0. The summed E-state index contributed by atoms with van der Waals surface area (Å²) in [7, 11) is 0. The van der Waals surface area contributed by atoms with E-state index in [4.69, 9.17) is 0 Å². The first kappa shape index (κ1) is 16.9. The van der Waals surface area contributed by atoms with E-state index in [1.165, 1.54) is 19.3 Å². The molecule has 138 valence electrons. The third kappa shape index (κ3) is 2.86. The van der Waals surface area contributed by atoms with Crippen molar-refractivity contribution in [1.29, 1.82) is 0 Å². The highest BCUT2D eigenvalue weighted by Crippen LogP contribution is 2.63. The summed E-state index contributed by atoms with van der Waals surface area (Å²) in [4.78, 5) is 27.3. The molecule has 0 saturated heterocycles. The van der Waals surface area contributed by atoms with E-state index in [-0.39, 0.29) is 17.0 Å². The van der Waals surface area contributed by atoms with Gasteiger partial charge in [0.25, 0.3) is 0 Å². The van der Waals surface area contributed by atoms with Crippen LogP contribution in [-0.2, 0) is 0 Å². The van der Waals surface area contributed by atoms with Crippen molar-refractivity contribution in [3.05, 3.63) is 71.8 Å². The summed E-state index contributed by atoms with van der Waals surface area (Å²) in [6.07, 6.45) is 7.10. The zero-order chi connectivity index (χ0) is 18.4. The van der Waals surface area contributed by atoms with E-state index in [1.807, 2.05) is 60.7 Å². The number of hydrogen-bond donors (Lipinski definition) is 0. The van der Waals surface area contributed by atoms with Crippen LogP contribution in [-0.4, -0.2) is 11.6 Å². The quantitative estimate of drug-likeness (QED) is 0.516. The van der Waals surface area contributed by atoms with Gasteiger partial charge in [0, 0.05) is 11.1 Å². The van der Waals surface area contributed by atoms with Crippen LogP contribution < -0.4 is 0 Å². The van der Waals surface area contributed by atoms with E-state index in [0.717, 1.165) is 19.3 Å². The molecule has 4 bridgehead atoms. The van der Waals surface area contributed by atoms with Crippen molar-refractivity contribution in [2.75, 3.05) is 0 Å². The maximum Gasteiger partial charge on any atom is 0.174 e. The third-order valence-corrected chi connectivity index (χ3v) is 7.34. The first-order chi connectivity index (χ1) is 13.1. The topological polar surface area (TPSA) is 34.1 Å². The van der Waals surface area contributed by atoms with Gasteiger partial charge in [0.15, 0.2) is 11.6 Å². The van der Waals surface area contributed by atoms with Crippen LogP contribution in [0.15, 0.2) is 60.7 Å². The Balaban J connectivity index is 1.58. The molecule has 2 nitrogen and oxygen atoms in total. The number of carbonyl (C=O) groups is 2. The zero-order valence-corrected chi connectivity index (χ0v) is 15.6. The minimum absolute atomic E-state index is 0.0337. The van der Waals surface area contributed by atoms with Crippen LogP contribution in [0.2, 0.25) is 0 Å². The van der Waals surface area contributed by atoms with Crippen molar-refractivity contribution in [3.63, 3.8) is 0 Å². The molecular formula is C25H26O2. The molecule has 4 saturated carbocycles. The van der Waals surface area contributed by atoms with Gasteiger partial charge in [0.1, 0.15) is 0 Å². The maximum atomic E-state index is 13.7. The van der Waals surface area contributed by atoms with Crippen LogP contribution >= 0.6 is 0 Å². The molecule has 4 aliphatic carbocycles. The van der Waals surface area contributed by atoms with Crippen LogP contribution in [0.5, 0.6) is 0 Å². The second-order valence-electron chi connectivity index (χ2n) is 9.17. The van der Waals surface area contributed by atoms with Gasteiger partial charge in [-0.1, -0.05) is 60.7 Å². The standard InChI is InChI=1S/C25H26O2/c26-23(20-7-3-1-4-8-20)22(24(27)21-9-5-2-6-10-21)25-14-17-11-18(15-25)13-19(12-17)16-25/h1-10,17-19,22H,11-16H2. The average molecular weight is 358 g/mol. The lowest BCUT2D eigenvalue weighted by molar-refractivity contribution is -0.0707. The molecule has 0 unspecified atom stereocenters. The summed E-state index contributed by atoms with van der Waals surface area (Å²) in [5.41, 5.74) is 1.24. The Morgan fingerprint density at radius 2 is 1.04 bits per heavy atom. The summed E-state index contributed by atoms with van der Waals surface area (Å²) in [6, 6.07) is 18.9. The van der Waals surface area contributed by atoms with Gasteiger partial charge in [-0.15, -0.1) is 0 Å². The molecule has 0 N–H and O–H groups in total. The summed E-state index contributed by atoms with van der Waals surface area (Å²) in [6.45, 7) is 0. The summed E-state index contributed by atoms with van der Waals surface area (Å²) >= 11 is 0. The van der Waals surface area contributed by atoms with E-state index in [9.17, 15) is 9.59 Å². The van der Waals surface area contributed by atoms with Gasteiger partial charge >= 0.3 is 0 Å². The number of hydrogen-bond acceptors (Lipinski definition) is 2. The van der Waals surface area contributed by atoms with Gasteiger partial charge in [-0.2, -0.15) is 0 Å². The molecule has 2 aromatic rings. The number of ketones is 2. The van der Waals surface area contributed by atoms with Crippen molar-refractivity contribution in [2.45, 2.75) is 38.5 Å². The Morgan fingerprint density at radius 1 is 0.667 bits per heavy atom. The van der Waals surface area contributed by atoms with Crippen LogP contribution in [0.25, 0.3) is 0 Å². The molecule has 0 radical (unpaired) electrons. The second kappa shape index (κ2) is 6.44. The fraction of sp³-hybridized carbons (Fsp3) is 0.440. The highest BCUT2D eigenvalue weighted by molar-refractivity contribution is 6.16. The normalized spacial score (nSPS) is 31.2. The fourth-order valence-electron chi connectivity index (χ4n) is 6.74. The van der Waals surface area contributed by atoms with Crippen molar-refractivity contribution < 1.29 is 9.59 Å². The van der Waals surface area contributed by atoms with Crippen LogP contribution in [0.3, 0.4) is 0 Å². The Hall–Kier alpha value is -2.22. The van der Waals surface area contributed by atoms with Crippen LogP contribution in [0, 0.1) is 29.1 Å². The molecule has 4 fully saturated rings. The molecule has 0 spiro atoms. The predicted molar refractivity (Wildman–Crippen MR) is 106 cm³/mol. The Bertz CT molecular complexity index is 766. The van der Waals surface area contributed by atoms with E-state index >= 15 is 0 Å². The van der Waals surface area contributed by atoms with E-state index in [2.05, 4.69) is 0 Å². The van der Waals surface area contributed by atoms with Crippen molar-refractivity contribution >= 4 is 11.6 Å². The molecule has 2 heteroatoms. The maximum absolute atomic E-state index is 13.7. The molecular weight excluding hydrogens is 332 g/mol. The number of benzene rings is 2. The lowest BCUT2D eigenvalue weighted by atomic mass is 9.45. The van der Waals surface area contributed by atoms with Crippen molar-refractivity contribution in [3.8, 4) is 0 Å². The Kier molecular flexibility index (Phi) is 4.03. The lowest BCUT2D eigenvalue weighted by Gasteiger charge is -2.58. The van der Waals surface area contributed by atoms with Crippen LogP contribution in [0.1, 0.15) is 59.2 Å². The van der Waals surface area contributed by atoms with Gasteiger partial charge in [-0.25, -0.2) is 0 Å². The van der Waals surface area contributed by atoms with E-state index in [1.54, 1.807) is 0 Å². The predicted octanol–water partition coefficient (Wildman–Crippen LogP) is 5.58. The molecule has 0 aromatic heterocycles. The van der Waals surface area contributed by atoms with Crippen molar-refractivity contribution in [1.82, 2.24) is 0 Å². The molecule has 0 atom stereocenters. The second-order valence-corrected chi connectivity index (χ2v) is 9.17. The summed E-state index contributed by atoms with van der Waals surface area (Å²) in [5.74, 6) is 1.68. The highest BCUT2D eigenvalue weighted by Gasteiger charge is 2.57. The molecule has 0 amide bonds. The Labute approximate surface area is 161 Å². The molecule has 4 aliphatic rings. The Morgan fingerprint density at radius 3 is 1.41 bits per heavy atom. The average Bonchev–Trinajstić information content (AvgIpc) is 2.68. The van der Waals surface area contributed by atoms with Gasteiger partial charge in [0.05, 0.1) is 5.92 Å². The van der Waals surface area contributed by atoms with Gasteiger partial charge < -0.3 is 0 Å². The molecule has 2 aromatic carbocycles. The van der Waals surface area contributed by atoms with Gasteiger partial charge in [0.2, 0.25) is 0 Å². The minimum atomic E-state index is -0.532.